The summed E-state index contributed by atoms with van der Waals surface area (Å²) in [5.41, 5.74) is 0.905. The molecule has 5 nitrogen and oxygen atoms in total. The van der Waals surface area contributed by atoms with Crippen molar-refractivity contribution in [3.63, 3.8) is 0 Å². The number of benzene rings is 2. The maximum absolute atomic E-state index is 13.0. The Labute approximate surface area is 199 Å². The number of nitrogens with zero attached hydrogens (tertiary/aromatic N) is 1. The first-order valence-electron chi connectivity index (χ1n) is 9.63. The number of hydrogen-bond donors (Lipinski definition) is 1. The summed E-state index contributed by atoms with van der Waals surface area (Å²) >= 11 is 13.0. The normalized spacial score (nSPS) is 12.7. The average Bonchev–Trinajstić information content (AvgIpc) is 2.70. The smallest absolute Gasteiger partial charge is 0.261 e. The van der Waals surface area contributed by atoms with Crippen LogP contribution >= 0.6 is 43.5 Å². The van der Waals surface area contributed by atoms with Crippen LogP contribution in [-0.2, 0) is 16.1 Å². The number of carbonyl (C=O) groups excluding carboxylic acids is 2. The van der Waals surface area contributed by atoms with Gasteiger partial charge >= 0.3 is 0 Å². The van der Waals surface area contributed by atoms with Gasteiger partial charge in [0.2, 0.25) is 5.91 Å². The predicted octanol–water partition coefficient (Wildman–Crippen LogP) is 5.58. The second-order valence-electron chi connectivity index (χ2n) is 7.01. The van der Waals surface area contributed by atoms with Gasteiger partial charge in [0.05, 0.1) is 5.02 Å². The lowest BCUT2D eigenvalue weighted by atomic mass is 10.1. The minimum absolute atomic E-state index is 0.0283. The van der Waals surface area contributed by atoms with Crippen molar-refractivity contribution in [3.05, 3.63) is 62.0 Å². The van der Waals surface area contributed by atoms with Crippen molar-refractivity contribution < 1.29 is 14.3 Å². The molecule has 0 fully saturated rings. The van der Waals surface area contributed by atoms with Crippen molar-refractivity contribution in [2.24, 2.45) is 0 Å². The number of carbonyl (C=O) groups is 2. The van der Waals surface area contributed by atoms with Crippen molar-refractivity contribution in [2.75, 3.05) is 6.61 Å². The van der Waals surface area contributed by atoms with Gasteiger partial charge < -0.3 is 15.0 Å². The molecular weight excluding hydrogens is 536 g/mol. The number of amides is 2. The quantitative estimate of drug-likeness (QED) is 0.436. The Morgan fingerprint density at radius 1 is 1.13 bits per heavy atom. The van der Waals surface area contributed by atoms with E-state index < -0.39 is 6.04 Å². The zero-order chi connectivity index (χ0) is 22.3. The molecule has 8 heteroatoms. The molecule has 2 aromatic rings. The highest BCUT2D eigenvalue weighted by molar-refractivity contribution is 9.10. The van der Waals surface area contributed by atoms with Gasteiger partial charge in [-0.05, 0) is 56.2 Å². The van der Waals surface area contributed by atoms with Crippen LogP contribution in [0.2, 0.25) is 5.02 Å². The molecule has 0 radical (unpaired) electrons. The van der Waals surface area contributed by atoms with Gasteiger partial charge in [0.25, 0.3) is 5.91 Å². The number of rotatable bonds is 9. The van der Waals surface area contributed by atoms with E-state index in [4.69, 9.17) is 16.3 Å². The molecule has 2 atom stereocenters. The highest BCUT2D eigenvalue weighted by Gasteiger charge is 2.27. The van der Waals surface area contributed by atoms with Gasteiger partial charge in [-0.1, -0.05) is 62.5 Å². The summed E-state index contributed by atoms with van der Waals surface area (Å²) in [6, 6.07) is 12.2. The monoisotopic (exact) mass is 558 g/mol. The average molecular weight is 561 g/mol. The van der Waals surface area contributed by atoms with Crippen LogP contribution in [-0.4, -0.2) is 35.4 Å². The summed E-state index contributed by atoms with van der Waals surface area (Å²) in [4.78, 5) is 27.3. The SMILES string of the molecule is CCC(C)NC(=O)C(C)N(Cc1cccc(Br)c1)C(=O)COc1ccc(Br)cc1Cl. The standard InChI is InChI=1S/C22H25Br2ClN2O3/c1-4-14(2)26-22(29)15(3)27(12-16-6-5-7-17(23)10-16)21(28)13-30-20-9-8-18(24)11-19(20)25/h5-11,14-15H,4,12-13H2,1-3H3,(H,26,29). The third-order valence-corrected chi connectivity index (χ3v) is 5.94. The van der Waals surface area contributed by atoms with E-state index in [1.54, 1.807) is 25.1 Å². The lowest BCUT2D eigenvalue weighted by Crippen LogP contribution is -2.50. The van der Waals surface area contributed by atoms with Crippen molar-refractivity contribution in [1.29, 1.82) is 0 Å². The van der Waals surface area contributed by atoms with E-state index in [1.165, 1.54) is 4.90 Å². The van der Waals surface area contributed by atoms with Gasteiger partial charge in [0.1, 0.15) is 11.8 Å². The molecule has 30 heavy (non-hydrogen) atoms. The summed E-state index contributed by atoms with van der Waals surface area (Å²) in [6.07, 6.45) is 0.809. The van der Waals surface area contributed by atoms with Crippen molar-refractivity contribution in [3.8, 4) is 5.75 Å². The van der Waals surface area contributed by atoms with Gasteiger partial charge in [0, 0.05) is 21.5 Å². The van der Waals surface area contributed by atoms with Crippen LogP contribution in [0, 0.1) is 0 Å². The van der Waals surface area contributed by atoms with Crippen molar-refractivity contribution in [1.82, 2.24) is 10.2 Å². The molecule has 0 saturated heterocycles. The lowest BCUT2D eigenvalue weighted by Gasteiger charge is -2.29. The zero-order valence-electron chi connectivity index (χ0n) is 17.1. The first-order valence-corrected chi connectivity index (χ1v) is 11.6. The summed E-state index contributed by atoms with van der Waals surface area (Å²) in [5.74, 6) is -0.0949. The molecule has 0 saturated carbocycles. The van der Waals surface area contributed by atoms with Crippen LogP contribution in [0.15, 0.2) is 51.4 Å². The number of halogens is 3. The van der Waals surface area contributed by atoms with E-state index in [1.807, 2.05) is 38.1 Å². The van der Waals surface area contributed by atoms with E-state index >= 15 is 0 Å². The fraction of sp³-hybridized carbons (Fsp3) is 0.364. The minimum atomic E-state index is -0.658. The molecule has 0 aliphatic carbocycles. The molecule has 0 aliphatic rings. The zero-order valence-corrected chi connectivity index (χ0v) is 21.1. The summed E-state index contributed by atoms with van der Waals surface area (Å²) in [7, 11) is 0. The maximum Gasteiger partial charge on any atom is 0.261 e. The first kappa shape index (κ1) is 24.7. The molecule has 2 amide bonds. The highest BCUT2D eigenvalue weighted by atomic mass is 79.9. The van der Waals surface area contributed by atoms with Gasteiger partial charge in [-0.2, -0.15) is 0 Å². The molecule has 0 heterocycles. The van der Waals surface area contributed by atoms with Crippen LogP contribution in [0.5, 0.6) is 5.75 Å². The Hall–Kier alpha value is -1.57. The number of nitrogens with one attached hydrogen (secondary N) is 1. The van der Waals surface area contributed by atoms with Gasteiger partial charge in [-0.3, -0.25) is 9.59 Å². The van der Waals surface area contributed by atoms with Gasteiger partial charge in [-0.15, -0.1) is 0 Å². The fourth-order valence-electron chi connectivity index (χ4n) is 2.69. The molecule has 0 aliphatic heterocycles. The molecule has 0 spiro atoms. The Bertz CT molecular complexity index is 894. The van der Waals surface area contributed by atoms with Crippen LogP contribution in [0.1, 0.15) is 32.8 Å². The van der Waals surface area contributed by atoms with Crippen molar-refractivity contribution >= 4 is 55.3 Å². The molecule has 2 unspecified atom stereocenters. The van der Waals surface area contributed by atoms with E-state index in [2.05, 4.69) is 37.2 Å². The Morgan fingerprint density at radius 3 is 2.47 bits per heavy atom. The Balaban J connectivity index is 2.18. The second kappa shape index (κ2) is 11.7. The fourth-order valence-corrected chi connectivity index (χ4v) is 3.87. The van der Waals surface area contributed by atoms with Gasteiger partial charge in [-0.25, -0.2) is 0 Å². The highest BCUT2D eigenvalue weighted by Crippen LogP contribution is 2.27. The molecule has 2 aromatic carbocycles. The molecule has 2 rings (SSSR count). The topological polar surface area (TPSA) is 58.6 Å². The predicted molar refractivity (Wildman–Crippen MR) is 127 cm³/mol. The minimum Gasteiger partial charge on any atom is -0.482 e. The third-order valence-electron chi connectivity index (χ3n) is 4.66. The summed E-state index contributed by atoms with van der Waals surface area (Å²) in [6.45, 7) is 5.71. The maximum atomic E-state index is 13.0. The second-order valence-corrected chi connectivity index (χ2v) is 9.25. The van der Waals surface area contributed by atoms with E-state index in [-0.39, 0.29) is 31.0 Å². The van der Waals surface area contributed by atoms with Gasteiger partial charge in [0.15, 0.2) is 6.61 Å². The van der Waals surface area contributed by atoms with Crippen LogP contribution in [0.4, 0.5) is 0 Å². The number of hydrogen-bond acceptors (Lipinski definition) is 3. The largest absolute Gasteiger partial charge is 0.482 e. The molecule has 0 aromatic heterocycles. The first-order chi connectivity index (χ1) is 14.2. The van der Waals surface area contributed by atoms with Crippen LogP contribution in [0.3, 0.4) is 0 Å². The number of ether oxygens (including phenoxy) is 1. The summed E-state index contributed by atoms with van der Waals surface area (Å²) < 4.78 is 7.37. The Morgan fingerprint density at radius 2 is 1.83 bits per heavy atom. The van der Waals surface area contributed by atoms with Crippen LogP contribution in [0.25, 0.3) is 0 Å². The third kappa shape index (κ3) is 7.29. The summed E-state index contributed by atoms with van der Waals surface area (Å²) in [5, 5.41) is 3.34. The van der Waals surface area contributed by atoms with E-state index in [0.29, 0.717) is 10.8 Å². The van der Waals surface area contributed by atoms with E-state index in [0.717, 1.165) is 20.9 Å². The van der Waals surface area contributed by atoms with Crippen molar-refractivity contribution in [2.45, 2.75) is 45.8 Å². The molecule has 0 bridgehead atoms. The lowest BCUT2D eigenvalue weighted by molar-refractivity contribution is -0.142. The molecular formula is C22H25Br2ClN2O3. The Kier molecular flexibility index (Phi) is 9.65. The van der Waals surface area contributed by atoms with E-state index in [9.17, 15) is 9.59 Å². The molecule has 162 valence electrons. The molecule has 1 N–H and O–H groups in total. The van der Waals surface area contributed by atoms with Crippen LogP contribution < -0.4 is 10.1 Å².